The zero-order valence-electron chi connectivity index (χ0n) is 14.6. The molecule has 0 bridgehead atoms. The number of para-hydroxylation sites is 1. The first kappa shape index (κ1) is 15.3. The lowest BCUT2D eigenvalue weighted by atomic mass is 10.1. The standard InChI is InChI=1S/C19H25N5O/c1-2-6-17-15(4-1)7-9-23(17)12-16-5-3-8-22(16)13-18-20-21-19-14-25-11-10-24(18)19/h1-2,4,6,16H,3,5,7-14H2. The monoisotopic (exact) mass is 339 g/mol. The second kappa shape index (κ2) is 6.42. The maximum atomic E-state index is 5.48. The molecule has 3 aliphatic heterocycles. The molecule has 25 heavy (non-hydrogen) atoms. The van der Waals surface area contributed by atoms with Crippen LogP contribution in [0.4, 0.5) is 5.69 Å². The van der Waals surface area contributed by atoms with E-state index in [-0.39, 0.29) is 0 Å². The minimum absolute atomic E-state index is 0.598. The lowest BCUT2D eigenvalue weighted by molar-refractivity contribution is 0.0794. The molecule has 1 unspecified atom stereocenters. The molecule has 6 heteroatoms. The number of nitrogens with zero attached hydrogens (tertiary/aromatic N) is 5. The van der Waals surface area contributed by atoms with Gasteiger partial charge in [0.2, 0.25) is 0 Å². The highest BCUT2D eigenvalue weighted by molar-refractivity contribution is 5.57. The molecule has 1 fully saturated rings. The maximum absolute atomic E-state index is 5.48. The molecule has 1 aromatic carbocycles. The van der Waals surface area contributed by atoms with E-state index in [2.05, 4.69) is 48.8 Å². The summed E-state index contributed by atoms with van der Waals surface area (Å²) < 4.78 is 7.73. The predicted octanol–water partition coefficient (Wildman–Crippen LogP) is 1.84. The highest BCUT2D eigenvalue weighted by Gasteiger charge is 2.30. The number of rotatable bonds is 4. The summed E-state index contributed by atoms with van der Waals surface area (Å²) in [5.74, 6) is 2.08. The largest absolute Gasteiger partial charge is 0.372 e. The van der Waals surface area contributed by atoms with Crippen LogP contribution in [0.5, 0.6) is 0 Å². The van der Waals surface area contributed by atoms with Crippen LogP contribution in [0.15, 0.2) is 24.3 Å². The maximum Gasteiger partial charge on any atom is 0.159 e. The lowest BCUT2D eigenvalue weighted by Gasteiger charge is -2.30. The molecule has 1 aromatic heterocycles. The number of likely N-dealkylation sites (tertiary alicyclic amines) is 1. The molecular formula is C19H25N5O. The van der Waals surface area contributed by atoms with Crippen molar-refractivity contribution in [2.24, 2.45) is 0 Å². The van der Waals surface area contributed by atoms with Crippen molar-refractivity contribution in [1.29, 1.82) is 0 Å². The third-order valence-corrected chi connectivity index (χ3v) is 5.85. The van der Waals surface area contributed by atoms with Crippen LogP contribution < -0.4 is 4.90 Å². The van der Waals surface area contributed by atoms with Gasteiger partial charge >= 0.3 is 0 Å². The first-order valence-electron chi connectivity index (χ1n) is 9.44. The molecule has 1 atom stereocenters. The molecule has 0 aliphatic carbocycles. The molecule has 5 rings (SSSR count). The fourth-order valence-electron chi connectivity index (χ4n) is 4.52. The fourth-order valence-corrected chi connectivity index (χ4v) is 4.52. The topological polar surface area (TPSA) is 46.4 Å². The number of benzene rings is 1. The average Bonchev–Trinajstić information content (AvgIpc) is 3.36. The molecule has 4 heterocycles. The van der Waals surface area contributed by atoms with Gasteiger partial charge in [-0.2, -0.15) is 0 Å². The van der Waals surface area contributed by atoms with E-state index in [4.69, 9.17) is 4.74 Å². The number of ether oxygens (including phenoxy) is 1. The Bertz CT molecular complexity index is 758. The Kier molecular flexibility index (Phi) is 3.94. The third-order valence-electron chi connectivity index (χ3n) is 5.85. The van der Waals surface area contributed by atoms with E-state index < -0.39 is 0 Å². The predicted molar refractivity (Wildman–Crippen MR) is 95.5 cm³/mol. The van der Waals surface area contributed by atoms with Gasteiger partial charge in [-0.1, -0.05) is 18.2 Å². The van der Waals surface area contributed by atoms with Crippen LogP contribution in [0.3, 0.4) is 0 Å². The van der Waals surface area contributed by atoms with Crippen LogP contribution in [0.2, 0.25) is 0 Å². The summed E-state index contributed by atoms with van der Waals surface area (Å²) in [7, 11) is 0. The summed E-state index contributed by atoms with van der Waals surface area (Å²) in [6.07, 6.45) is 3.74. The molecule has 132 valence electrons. The van der Waals surface area contributed by atoms with Gasteiger partial charge in [-0.05, 0) is 37.4 Å². The van der Waals surface area contributed by atoms with Gasteiger partial charge in [0, 0.05) is 31.4 Å². The third kappa shape index (κ3) is 2.83. The summed E-state index contributed by atoms with van der Waals surface area (Å²) in [6, 6.07) is 9.47. The van der Waals surface area contributed by atoms with E-state index >= 15 is 0 Å². The quantitative estimate of drug-likeness (QED) is 0.850. The van der Waals surface area contributed by atoms with E-state index in [1.54, 1.807) is 0 Å². The molecule has 0 N–H and O–H groups in total. The first-order valence-corrected chi connectivity index (χ1v) is 9.44. The molecule has 0 amide bonds. The number of aromatic nitrogens is 3. The number of hydrogen-bond acceptors (Lipinski definition) is 5. The van der Waals surface area contributed by atoms with Crippen molar-refractivity contribution < 1.29 is 4.74 Å². The van der Waals surface area contributed by atoms with Crippen molar-refractivity contribution in [3.8, 4) is 0 Å². The van der Waals surface area contributed by atoms with Gasteiger partial charge in [0.15, 0.2) is 5.82 Å². The Morgan fingerprint density at radius 2 is 2.08 bits per heavy atom. The second-order valence-electron chi connectivity index (χ2n) is 7.33. The van der Waals surface area contributed by atoms with Gasteiger partial charge in [0.05, 0.1) is 13.2 Å². The number of fused-ring (bicyclic) bond motifs is 2. The Morgan fingerprint density at radius 1 is 1.12 bits per heavy atom. The minimum atomic E-state index is 0.598. The van der Waals surface area contributed by atoms with Crippen LogP contribution in [-0.2, 0) is 30.9 Å². The molecule has 1 saturated heterocycles. The van der Waals surface area contributed by atoms with Crippen molar-refractivity contribution in [2.75, 3.05) is 31.1 Å². The normalized spacial score (nSPS) is 23.0. The SMILES string of the molecule is c1ccc2c(c1)CCN2CC1CCCN1Cc1nnc2n1CCOC2. The van der Waals surface area contributed by atoms with E-state index in [1.165, 1.54) is 37.1 Å². The van der Waals surface area contributed by atoms with Crippen LogP contribution >= 0.6 is 0 Å². The van der Waals surface area contributed by atoms with Crippen molar-refractivity contribution in [2.45, 2.75) is 45.0 Å². The molecule has 3 aliphatic rings. The van der Waals surface area contributed by atoms with Crippen LogP contribution in [0.25, 0.3) is 0 Å². The average molecular weight is 339 g/mol. The van der Waals surface area contributed by atoms with Crippen molar-refractivity contribution in [1.82, 2.24) is 19.7 Å². The molecule has 0 spiro atoms. The Morgan fingerprint density at radius 3 is 3.08 bits per heavy atom. The smallest absolute Gasteiger partial charge is 0.159 e. The molecule has 0 saturated carbocycles. The molecule has 2 aromatic rings. The van der Waals surface area contributed by atoms with Gasteiger partial charge in [-0.25, -0.2) is 0 Å². The van der Waals surface area contributed by atoms with Gasteiger partial charge in [-0.3, -0.25) is 4.90 Å². The summed E-state index contributed by atoms with van der Waals surface area (Å²) in [5.41, 5.74) is 2.94. The van der Waals surface area contributed by atoms with Crippen LogP contribution in [-0.4, -0.2) is 51.9 Å². The minimum Gasteiger partial charge on any atom is -0.372 e. The lowest BCUT2D eigenvalue weighted by Crippen LogP contribution is -2.40. The van der Waals surface area contributed by atoms with Crippen LogP contribution in [0, 0.1) is 0 Å². The zero-order valence-corrected chi connectivity index (χ0v) is 14.6. The first-order chi connectivity index (χ1) is 12.4. The Labute approximate surface area is 148 Å². The van der Waals surface area contributed by atoms with Crippen molar-refractivity contribution >= 4 is 5.69 Å². The highest BCUT2D eigenvalue weighted by atomic mass is 16.5. The molecular weight excluding hydrogens is 314 g/mol. The van der Waals surface area contributed by atoms with Crippen LogP contribution in [0.1, 0.15) is 30.1 Å². The van der Waals surface area contributed by atoms with Gasteiger partial charge < -0.3 is 14.2 Å². The van der Waals surface area contributed by atoms with E-state index in [0.717, 1.165) is 44.4 Å². The summed E-state index contributed by atoms with van der Waals surface area (Å²) in [6.45, 7) is 6.61. The van der Waals surface area contributed by atoms with E-state index in [9.17, 15) is 0 Å². The van der Waals surface area contributed by atoms with E-state index in [1.807, 2.05) is 0 Å². The van der Waals surface area contributed by atoms with Gasteiger partial charge in [0.1, 0.15) is 12.4 Å². The summed E-state index contributed by atoms with van der Waals surface area (Å²) in [5, 5.41) is 8.75. The highest BCUT2D eigenvalue weighted by Crippen LogP contribution is 2.30. The molecule has 0 radical (unpaired) electrons. The number of hydrogen-bond donors (Lipinski definition) is 0. The van der Waals surface area contributed by atoms with E-state index in [0.29, 0.717) is 12.6 Å². The fraction of sp³-hybridized carbons (Fsp3) is 0.579. The second-order valence-corrected chi connectivity index (χ2v) is 7.33. The number of anilines is 1. The summed E-state index contributed by atoms with van der Waals surface area (Å²) in [4.78, 5) is 5.18. The Balaban J connectivity index is 1.29. The summed E-state index contributed by atoms with van der Waals surface area (Å²) >= 11 is 0. The van der Waals surface area contributed by atoms with Gasteiger partial charge in [0.25, 0.3) is 0 Å². The van der Waals surface area contributed by atoms with Gasteiger partial charge in [-0.15, -0.1) is 10.2 Å². The Hall–Kier alpha value is -1.92. The van der Waals surface area contributed by atoms with Crippen molar-refractivity contribution in [3.63, 3.8) is 0 Å². The molecule has 6 nitrogen and oxygen atoms in total. The zero-order chi connectivity index (χ0) is 16.6. The van der Waals surface area contributed by atoms with Crippen molar-refractivity contribution in [3.05, 3.63) is 41.5 Å².